The van der Waals surface area contributed by atoms with Gasteiger partial charge in [-0.1, -0.05) is 36.4 Å². The van der Waals surface area contributed by atoms with Gasteiger partial charge >= 0.3 is 6.18 Å². The minimum absolute atomic E-state index is 0.400. The van der Waals surface area contributed by atoms with E-state index in [9.17, 15) is 18.0 Å². The van der Waals surface area contributed by atoms with Gasteiger partial charge in [-0.25, -0.2) is 0 Å². The standard InChI is InChI=1S/C17H10F3NO/c18-17(19,20)15-7-2-1-6-14(15)16(22)9-8-12-4-3-5-13(10-12)11-21/h1-10H. The Labute approximate surface area is 125 Å². The van der Waals surface area contributed by atoms with E-state index in [1.165, 1.54) is 18.2 Å². The van der Waals surface area contributed by atoms with E-state index in [-0.39, 0.29) is 0 Å². The van der Waals surface area contributed by atoms with Gasteiger partial charge in [-0.15, -0.1) is 0 Å². The summed E-state index contributed by atoms with van der Waals surface area (Å²) in [5.74, 6) is -0.740. The molecule has 110 valence electrons. The van der Waals surface area contributed by atoms with E-state index in [0.29, 0.717) is 11.1 Å². The number of benzene rings is 2. The number of nitriles is 1. The molecule has 0 aromatic heterocycles. The summed E-state index contributed by atoms with van der Waals surface area (Å²) in [4.78, 5) is 12.0. The summed E-state index contributed by atoms with van der Waals surface area (Å²) < 4.78 is 38.6. The van der Waals surface area contributed by atoms with Crippen LogP contribution in [0.25, 0.3) is 6.08 Å². The third-order valence-electron chi connectivity index (χ3n) is 2.94. The summed E-state index contributed by atoms with van der Waals surface area (Å²) >= 11 is 0. The number of alkyl halides is 3. The van der Waals surface area contributed by atoms with E-state index in [4.69, 9.17) is 5.26 Å². The van der Waals surface area contributed by atoms with Crippen LogP contribution in [0.1, 0.15) is 27.0 Å². The van der Waals surface area contributed by atoms with Crippen molar-refractivity contribution < 1.29 is 18.0 Å². The molecule has 0 amide bonds. The highest BCUT2D eigenvalue weighted by Gasteiger charge is 2.34. The normalized spacial score (nSPS) is 11.4. The molecular formula is C17H10F3NO. The maximum Gasteiger partial charge on any atom is 0.417 e. The van der Waals surface area contributed by atoms with Crippen LogP contribution in [-0.4, -0.2) is 5.78 Å². The van der Waals surface area contributed by atoms with Crippen molar-refractivity contribution in [2.45, 2.75) is 6.18 Å². The van der Waals surface area contributed by atoms with E-state index in [2.05, 4.69) is 0 Å². The molecule has 5 heteroatoms. The molecule has 0 aliphatic rings. The maximum atomic E-state index is 12.9. The molecular weight excluding hydrogens is 291 g/mol. The molecule has 0 aliphatic heterocycles. The Bertz CT molecular complexity index is 770. The van der Waals surface area contributed by atoms with Gasteiger partial charge in [0.2, 0.25) is 0 Å². The van der Waals surface area contributed by atoms with Crippen LogP contribution < -0.4 is 0 Å². The second-order valence-electron chi connectivity index (χ2n) is 4.48. The Kier molecular flexibility index (Phi) is 4.42. The summed E-state index contributed by atoms with van der Waals surface area (Å²) in [6.45, 7) is 0. The summed E-state index contributed by atoms with van der Waals surface area (Å²) in [5.41, 5.74) is -0.389. The summed E-state index contributed by atoms with van der Waals surface area (Å²) in [5, 5.41) is 8.78. The maximum absolute atomic E-state index is 12.9. The van der Waals surface area contributed by atoms with Crippen LogP contribution in [0.2, 0.25) is 0 Å². The molecule has 2 aromatic carbocycles. The third-order valence-corrected chi connectivity index (χ3v) is 2.94. The fourth-order valence-electron chi connectivity index (χ4n) is 1.92. The number of rotatable bonds is 3. The molecule has 0 aliphatic carbocycles. The van der Waals surface area contributed by atoms with E-state index in [0.717, 1.165) is 18.2 Å². The second-order valence-corrected chi connectivity index (χ2v) is 4.48. The zero-order valence-electron chi connectivity index (χ0n) is 11.3. The molecule has 2 rings (SSSR count). The minimum Gasteiger partial charge on any atom is -0.289 e. The highest BCUT2D eigenvalue weighted by molar-refractivity contribution is 6.07. The number of nitrogens with zero attached hydrogens (tertiary/aromatic N) is 1. The van der Waals surface area contributed by atoms with Gasteiger partial charge in [0, 0.05) is 5.56 Å². The predicted molar refractivity (Wildman–Crippen MR) is 76.0 cm³/mol. The SMILES string of the molecule is N#Cc1cccc(C=CC(=O)c2ccccc2C(F)(F)F)c1. The van der Waals surface area contributed by atoms with E-state index < -0.39 is 23.1 Å². The molecule has 2 aromatic rings. The highest BCUT2D eigenvalue weighted by atomic mass is 19.4. The van der Waals surface area contributed by atoms with Crippen LogP contribution in [-0.2, 0) is 6.18 Å². The fraction of sp³-hybridized carbons (Fsp3) is 0.0588. The minimum atomic E-state index is -4.58. The number of carbonyl (C=O) groups excluding carboxylic acids is 1. The first-order chi connectivity index (χ1) is 10.4. The van der Waals surface area contributed by atoms with Gasteiger partial charge in [-0.05, 0) is 29.8 Å². The molecule has 0 spiro atoms. The lowest BCUT2D eigenvalue weighted by Gasteiger charge is -2.10. The van der Waals surface area contributed by atoms with Crippen molar-refractivity contribution in [3.8, 4) is 6.07 Å². The first kappa shape index (κ1) is 15.5. The lowest BCUT2D eigenvalue weighted by molar-refractivity contribution is -0.137. The molecule has 2 nitrogen and oxygen atoms in total. The molecule has 0 radical (unpaired) electrons. The van der Waals surface area contributed by atoms with E-state index in [1.807, 2.05) is 6.07 Å². The Hall–Kier alpha value is -2.87. The van der Waals surface area contributed by atoms with Crippen molar-refractivity contribution in [1.82, 2.24) is 0 Å². The van der Waals surface area contributed by atoms with Crippen LogP contribution in [0, 0.1) is 11.3 Å². The largest absolute Gasteiger partial charge is 0.417 e. The van der Waals surface area contributed by atoms with Crippen LogP contribution in [0.15, 0.2) is 54.6 Å². The van der Waals surface area contributed by atoms with Crippen LogP contribution in [0.5, 0.6) is 0 Å². The number of ketones is 1. The Balaban J connectivity index is 2.30. The fourth-order valence-corrected chi connectivity index (χ4v) is 1.92. The smallest absolute Gasteiger partial charge is 0.289 e. The number of hydrogen-bond acceptors (Lipinski definition) is 2. The number of carbonyl (C=O) groups is 1. The number of halogens is 3. The van der Waals surface area contributed by atoms with Crippen molar-refractivity contribution in [3.63, 3.8) is 0 Å². The molecule has 0 N–H and O–H groups in total. The molecule has 0 fully saturated rings. The lowest BCUT2D eigenvalue weighted by atomic mass is 10.0. The van der Waals surface area contributed by atoms with Crippen molar-refractivity contribution in [1.29, 1.82) is 5.26 Å². The summed E-state index contributed by atoms with van der Waals surface area (Å²) in [6, 6.07) is 13.0. The van der Waals surface area contributed by atoms with Crippen molar-refractivity contribution in [2.75, 3.05) is 0 Å². The number of hydrogen-bond donors (Lipinski definition) is 0. The van der Waals surface area contributed by atoms with Gasteiger partial charge in [0.05, 0.1) is 17.2 Å². The molecule has 0 saturated carbocycles. The highest BCUT2D eigenvalue weighted by Crippen LogP contribution is 2.32. The zero-order chi connectivity index (χ0) is 16.2. The lowest BCUT2D eigenvalue weighted by Crippen LogP contribution is -2.11. The van der Waals surface area contributed by atoms with Crippen molar-refractivity contribution >= 4 is 11.9 Å². The van der Waals surface area contributed by atoms with Gasteiger partial charge in [-0.3, -0.25) is 4.79 Å². The zero-order valence-corrected chi connectivity index (χ0v) is 11.3. The first-order valence-corrected chi connectivity index (χ1v) is 6.30. The van der Waals surface area contributed by atoms with Gasteiger partial charge in [0.25, 0.3) is 0 Å². The van der Waals surface area contributed by atoms with Crippen LogP contribution in [0.3, 0.4) is 0 Å². The van der Waals surface area contributed by atoms with E-state index in [1.54, 1.807) is 24.3 Å². The average molecular weight is 301 g/mol. The third kappa shape index (κ3) is 3.61. The number of allylic oxidation sites excluding steroid dienone is 1. The first-order valence-electron chi connectivity index (χ1n) is 6.30. The Morgan fingerprint density at radius 2 is 1.82 bits per heavy atom. The Morgan fingerprint density at radius 1 is 1.09 bits per heavy atom. The van der Waals surface area contributed by atoms with Gasteiger partial charge in [-0.2, -0.15) is 18.4 Å². The average Bonchev–Trinajstić information content (AvgIpc) is 2.52. The molecule has 0 heterocycles. The topological polar surface area (TPSA) is 40.9 Å². The molecule has 22 heavy (non-hydrogen) atoms. The van der Waals surface area contributed by atoms with Gasteiger partial charge in [0.15, 0.2) is 5.78 Å². The second kappa shape index (κ2) is 6.27. The monoisotopic (exact) mass is 301 g/mol. The summed E-state index contributed by atoms with van der Waals surface area (Å²) in [6.07, 6.45) is -2.13. The van der Waals surface area contributed by atoms with Crippen molar-refractivity contribution in [3.05, 3.63) is 76.9 Å². The molecule has 0 atom stereocenters. The summed E-state index contributed by atoms with van der Waals surface area (Å²) in [7, 11) is 0. The van der Waals surface area contributed by atoms with E-state index >= 15 is 0 Å². The van der Waals surface area contributed by atoms with Crippen LogP contribution >= 0.6 is 0 Å². The molecule has 0 bridgehead atoms. The van der Waals surface area contributed by atoms with Crippen molar-refractivity contribution in [2.24, 2.45) is 0 Å². The Morgan fingerprint density at radius 3 is 2.50 bits per heavy atom. The van der Waals surface area contributed by atoms with Gasteiger partial charge in [0.1, 0.15) is 0 Å². The predicted octanol–water partition coefficient (Wildman–Crippen LogP) is 4.47. The van der Waals surface area contributed by atoms with Gasteiger partial charge < -0.3 is 0 Å². The quantitative estimate of drug-likeness (QED) is 0.620. The van der Waals surface area contributed by atoms with Crippen LogP contribution in [0.4, 0.5) is 13.2 Å². The molecule has 0 saturated heterocycles. The molecule has 0 unspecified atom stereocenters.